The molecule has 5 rings (SSSR count). The molecule has 6 heteroatoms. The van der Waals surface area contributed by atoms with E-state index < -0.39 is 29.2 Å². The van der Waals surface area contributed by atoms with Gasteiger partial charge in [-0.3, -0.25) is 10.1 Å². The average molecular weight is 505 g/mol. The molecule has 6 nitrogen and oxygen atoms in total. The first-order valence-corrected chi connectivity index (χ1v) is 14.3. The minimum Gasteiger partial charge on any atom is -0.481 e. The Morgan fingerprint density at radius 1 is 1.03 bits per heavy atom. The van der Waals surface area contributed by atoms with E-state index in [1.807, 2.05) is 19.9 Å². The molecule has 5 fully saturated rings. The summed E-state index contributed by atoms with van der Waals surface area (Å²) in [6.45, 7) is 12.8. The molecule has 5 aliphatic carbocycles. The summed E-state index contributed by atoms with van der Waals surface area (Å²) in [7, 11) is 0. The van der Waals surface area contributed by atoms with Crippen molar-refractivity contribution >= 4 is 5.97 Å². The number of allylic oxidation sites excluding steroid dienone is 1. The summed E-state index contributed by atoms with van der Waals surface area (Å²) in [5, 5.41) is 41.6. The van der Waals surface area contributed by atoms with Gasteiger partial charge in [0.05, 0.1) is 17.6 Å². The van der Waals surface area contributed by atoms with Crippen LogP contribution in [0.5, 0.6) is 0 Å². The molecule has 0 aromatic heterocycles. The van der Waals surface area contributed by atoms with Crippen LogP contribution in [0.25, 0.3) is 0 Å². The summed E-state index contributed by atoms with van der Waals surface area (Å²) in [5.74, 6) is 0.557. The van der Waals surface area contributed by atoms with E-state index in [0.717, 1.165) is 38.5 Å². The van der Waals surface area contributed by atoms with Crippen LogP contribution in [-0.2, 0) is 9.68 Å². The van der Waals surface area contributed by atoms with Crippen molar-refractivity contribution in [3.63, 3.8) is 0 Å². The Kier molecular flexibility index (Phi) is 5.95. The highest BCUT2D eigenvalue weighted by Crippen LogP contribution is 2.89. The van der Waals surface area contributed by atoms with Crippen molar-refractivity contribution in [2.75, 3.05) is 0 Å². The molecule has 0 saturated heterocycles. The number of rotatable bonds is 6. The molecule has 0 amide bonds. The molecule has 5 aliphatic rings. The Balaban J connectivity index is 1.42. The summed E-state index contributed by atoms with van der Waals surface area (Å²) in [4.78, 5) is 17.0. The molecule has 0 bridgehead atoms. The van der Waals surface area contributed by atoms with Gasteiger partial charge in [0.15, 0.2) is 0 Å². The fourth-order valence-corrected chi connectivity index (χ4v) is 11.1. The van der Waals surface area contributed by atoms with Crippen molar-refractivity contribution in [1.82, 2.24) is 0 Å². The van der Waals surface area contributed by atoms with Crippen LogP contribution in [0.15, 0.2) is 12.2 Å². The van der Waals surface area contributed by atoms with Crippen LogP contribution in [0.3, 0.4) is 0 Å². The summed E-state index contributed by atoms with van der Waals surface area (Å²) in [6.07, 6.45) is 10.9. The molecule has 11 atom stereocenters. The van der Waals surface area contributed by atoms with Crippen molar-refractivity contribution in [3.05, 3.63) is 12.2 Å². The first-order chi connectivity index (χ1) is 16.7. The molecule has 204 valence electrons. The number of hydrogen-bond acceptors (Lipinski definition) is 5. The second kappa shape index (κ2) is 8.03. The van der Waals surface area contributed by atoms with Crippen molar-refractivity contribution in [2.24, 2.45) is 50.7 Å². The summed E-state index contributed by atoms with van der Waals surface area (Å²) < 4.78 is 0. The molecular formula is C30H48O6. The van der Waals surface area contributed by atoms with Gasteiger partial charge in [0.2, 0.25) is 0 Å². The summed E-state index contributed by atoms with van der Waals surface area (Å²) in [5.41, 5.74) is -1.81. The van der Waals surface area contributed by atoms with Gasteiger partial charge in [-0.1, -0.05) is 32.9 Å². The van der Waals surface area contributed by atoms with Gasteiger partial charge in [-0.25, -0.2) is 4.89 Å². The predicted octanol–water partition coefficient (Wildman–Crippen LogP) is 5.67. The minimum absolute atomic E-state index is 0.0148. The van der Waals surface area contributed by atoms with E-state index in [9.17, 15) is 20.1 Å². The van der Waals surface area contributed by atoms with Gasteiger partial charge in [-0.05, 0) is 112 Å². The Morgan fingerprint density at radius 2 is 1.69 bits per heavy atom. The van der Waals surface area contributed by atoms with Gasteiger partial charge in [0.1, 0.15) is 5.60 Å². The lowest BCUT2D eigenvalue weighted by molar-refractivity contribution is -0.297. The van der Waals surface area contributed by atoms with Gasteiger partial charge >= 0.3 is 5.97 Å². The third kappa shape index (κ3) is 3.08. The largest absolute Gasteiger partial charge is 0.481 e. The van der Waals surface area contributed by atoms with Gasteiger partial charge < -0.3 is 15.3 Å². The number of aliphatic hydroxyl groups excluding tert-OH is 2. The minimum atomic E-state index is -1.18. The van der Waals surface area contributed by atoms with Crippen molar-refractivity contribution < 1.29 is 30.3 Å². The zero-order valence-electron chi connectivity index (χ0n) is 23.1. The molecule has 5 saturated carbocycles. The zero-order valence-corrected chi connectivity index (χ0v) is 23.1. The monoisotopic (exact) mass is 504 g/mol. The van der Waals surface area contributed by atoms with Crippen LogP contribution in [0.4, 0.5) is 0 Å². The van der Waals surface area contributed by atoms with E-state index in [0.29, 0.717) is 17.8 Å². The van der Waals surface area contributed by atoms with E-state index >= 15 is 0 Å². The topological polar surface area (TPSA) is 107 Å². The van der Waals surface area contributed by atoms with Crippen molar-refractivity contribution in [3.8, 4) is 0 Å². The van der Waals surface area contributed by atoms with E-state index in [2.05, 4.69) is 31.7 Å². The highest BCUT2D eigenvalue weighted by molar-refractivity contribution is 5.76. The number of carbonyl (C=O) groups is 1. The lowest BCUT2D eigenvalue weighted by atomic mass is 9.41. The zero-order chi connectivity index (χ0) is 26.5. The number of aliphatic hydroxyl groups is 2. The van der Waals surface area contributed by atoms with Gasteiger partial charge in [-0.15, -0.1) is 0 Å². The summed E-state index contributed by atoms with van der Waals surface area (Å²) >= 11 is 0. The van der Waals surface area contributed by atoms with Crippen molar-refractivity contribution in [1.29, 1.82) is 0 Å². The molecule has 2 spiro atoms. The third-order valence-corrected chi connectivity index (χ3v) is 13.3. The SMILES string of the molecule is CC(CC=CC(C)(C)OO)C1CCC2(C)C3CCC4C(C)(C(=O)O)C(O)CC(O)C45CC35CCC12C. The molecule has 0 radical (unpaired) electrons. The number of carboxylic acids is 1. The first-order valence-electron chi connectivity index (χ1n) is 14.3. The number of aliphatic carboxylic acids is 1. The highest BCUT2D eigenvalue weighted by Gasteiger charge is 2.85. The predicted molar refractivity (Wildman–Crippen MR) is 137 cm³/mol. The van der Waals surface area contributed by atoms with E-state index in [-0.39, 0.29) is 34.0 Å². The van der Waals surface area contributed by atoms with Crippen LogP contribution >= 0.6 is 0 Å². The number of carboxylic acid groups (broad SMARTS) is 1. The fraction of sp³-hybridized carbons (Fsp3) is 0.900. The number of hydrogen-bond donors (Lipinski definition) is 4. The molecule has 0 heterocycles. The lowest BCUT2D eigenvalue weighted by Gasteiger charge is -2.63. The molecular weight excluding hydrogens is 456 g/mol. The van der Waals surface area contributed by atoms with E-state index in [4.69, 9.17) is 5.26 Å². The first kappa shape index (κ1) is 26.6. The third-order valence-electron chi connectivity index (χ3n) is 13.3. The van der Waals surface area contributed by atoms with E-state index in [1.165, 1.54) is 12.8 Å². The van der Waals surface area contributed by atoms with E-state index in [1.54, 1.807) is 6.92 Å². The fourth-order valence-electron chi connectivity index (χ4n) is 11.1. The second-order valence-electron chi connectivity index (χ2n) is 14.7. The van der Waals surface area contributed by atoms with Crippen LogP contribution in [0, 0.1) is 50.7 Å². The molecule has 11 unspecified atom stereocenters. The number of fused-ring (bicyclic) bond motifs is 2. The smallest absolute Gasteiger partial charge is 0.312 e. The van der Waals surface area contributed by atoms with Crippen LogP contribution < -0.4 is 0 Å². The van der Waals surface area contributed by atoms with Gasteiger partial charge in [-0.2, -0.15) is 0 Å². The Morgan fingerprint density at radius 3 is 2.33 bits per heavy atom. The maximum absolute atomic E-state index is 12.5. The van der Waals surface area contributed by atoms with Gasteiger partial charge in [0, 0.05) is 11.8 Å². The Labute approximate surface area is 216 Å². The average Bonchev–Trinajstić information content (AvgIpc) is 3.42. The van der Waals surface area contributed by atoms with Gasteiger partial charge in [0.25, 0.3) is 0 Å². The lowest BCUT2D eigenvalue weighted by Crippen LogP contribution is -2.63. The van der Waals surface area contributed by atoms with Crippen LogP contribution in [0.2, 0.25) is 0 Å². The van der Waals surface area contributed by atoms with Crippen LogP contribution in [0.1, 0.15) is 99.3 Å². The second-order valence-corrected chi connectivity index (χ2v) is 14.7. The standard InChI is InChI=1S/C30H48O6/c1-18(8-7-12-25(2,3)36-35)19-11-13-27(5)20-9-10-21-28(6,24(33)34)22(31)16-23(32)30(21)17-29(20,30)15-14-26(19,27)4/h7,12,18-23,31-32,35H,8-11,13-17H2,1-6H3,(H,33,34). The molecule has 0 aromatic carbocycles. The Bertz CT molecular complexity index is 946. The maximum atomic E-state index is 12.5. The Hall–Kier alpha value is -0.950. The summed E-state index contributed by atoms with van der Waals surface area (Å²) in [6, 6.07) is 0. The highest BCUT2D eigenvalue weighted by atomic mass is 17.1. The molecule has 4 N–H and O–H groups in total. The maximum Gasteiger partial charge on any atom is 0.312 e. The normalized spacial score (nSPS) is 52.8. The van der Waals surface area contributed by atoms with Crippen molar-refractivity contribution in [2.45, 2.75) is 117 Å². The molecule has 36 heavy (non-hydrogen) atoms. The molecule has 0 aromatic rings. The van der Waals surface area contributed by atoms with Crippen LogP contribution in [-0.4, -0.2) is 44.4 Å². The quantitative estimate of drug-likeness (QED) is 0.211. The molecule has 0 aliphatic heterocycles.